The number of aryl methyl sites for hydroxylation is 2. The largest absolute Gasteiger partial charge is 0.459 e. The summed E-state index contributed by atoms with van der Waals surface area (Å²) in [6.45, 7) is 9.02. The van der Waals surface area contributed by atoms with Gasteiger partial charge in [-0.1, -0.05) is 35.5 Å². The number of aromatic nitrogens is 1. The van der Waals surface area contributed by atoms with Crippen LogP contribution in [0.2, 0.25) is 0 Å². The van der Waals surface area contributed by atoms with Gasteiger partial charge in [-0.2, -0.15) is 0 Å². The van der Waals surface area contributed by atoms with Gasteiger partial charge in [-0.15, -0.1) is 11.3 Å². The van der Waals surface area contributed by atoms with Gasteiger partial charge >= 0.3 is 5.97 Å². The Morgan fingerprint density at radius 3 is 2.43 bits per heavy atom. The average molecular weight is 398 g/mol. The minimum atomic E-state index is -0.447. The number of carbonyl (C=O) groups excluding carboxylic acids is 2. The third kappa shape index (κ3) is 3.84. The lowest BCUT2D eigenvalue weighted by Crippen LogP contribution is -2.17. The van der Waals surface area contributed by atoms with Crippen molar-refractivity contribution in [3.8, 4) is 11.3 Å². The number of amides is 1. The highest BCUT2D eigenvalue weighted by Crippen LogP contribution is 2.34. The number of rotatable bonds is 5. The van der Waals surface area contributed by atoms with E-state index in [0.717, 1.165) is 16.0 Å². The lowest BCUT2D eigenvalue weighted by molar-refractivity contribution is 0.0379. The standard InChI is InChI=1S/C21H22N2O4S/c1-11(2)26-21(25)16-12(3)14(5)28-20(16)22-19(24)17-13(4)27-23-18(17)15-9-7-6-8-10-15/h6-11H,1-5H3,(H,22,24). The summed E-state index contributed by atoms with van der Waals surface area (Å²) < 4.78 is 10.6. The second-order valence-electron chi connectivity index (χ2n) is 6.72. The molecule has 146 valence electrons. The van der Waals surface area contributed by atoms with E-state index in [1.165, 1.54) is 11.3 Å². The molecule has 6 nitrogen and oxygen atoms in total. The first-order valence-electron chi connectivity index (χ1n) is 8.93. The van der Waals surface area contributed by atoms with E-state index in [1.807, 2.05) is 44.2 Å². The SMILES string of the molecule is Cc1onc(-c2ccccc2)c1C(=O)Nc1sc(C)c(C)c1C(=O)OC(C)C. The number of carbonyl (C=O) groups is 2. The number of anilines is 1. The van der Waals surface area contributed by atoms with E-state index in [2.05, 4.69) is 10.5 Å². The Morgan fingerprint density at radius 1 is 1.11 bits per heavy atom. The monoisotopic (exact) mass is 398 g/mol. The van der Waals surface area contributed by atoms with Crippen molar-refractivity contribution in [1.82, 2.24) is 5.16 Å². The third-order valence-electron chi connectivity index (χ3n) is 4.30. The van der Waals surface area contributed by atoms with E-state index in [0.29, 0.717) is 27.6 Å². The molecule has 0 aliphatic rings. The average Bonchev–Trinajstić information content (AvgIpc) is 3.15. The summed E-state index contributed by atoms with van der Waals surface area (Å²) in [6.07, 6.45) is -0.249. The van der Waals surface area contributed by atoms with E-state index < -0.39 is 5.97 Å². The molecule has 1 N–H and O–H groups in total. The highest BCUT2D eigenvalue weighted by molar-refractivity contribution is 7.16. The number of hydrogen-bond donors (Lipinski definition) is 1. The fourth-order valence-corrected chi connectivity index (χ4v) is 3.88. The third-order valence-corrected chi connectivity index (χ3v) is 5.42. The lowest BCUT2D eigenvalue weighted by Gasteiger charge is -2.10. The molecule has 0 spiro atoms. The van der Waals surface area contributed by atoms with Crippen LogP contribution in [-0.2, 0) is 4.74 Å². The Bertz CT molecular complexity index is 1020. The second-order valence-corrected chi connectivity index (χ2v) is 7.95. The zero-order valence-corrected chi connectivity index (χ0v) is 17.3. The molecular formula is C21H22N2O4S. The van der Waals surface area contributed by atoms with Crippen LogP contribution in [0, 0.1) is 20.8 Å². The van der Waals surface area contributed by atoms with Gasteiger partial charge in [-0.3, -0.25) is 4.79 Å². The van der Waals surface area contributed by atoms with Gasteiger partial charge in [-0.25, -0.2) is 4.79 Å². The minimum absolute atomic E-state index is 0.249. The zero-order chi connectivity index (χ0) is 20.4. The maximum atomic E-state index is 13.1. The summed E-state index contributed by atoms with van der Waals surface area (Å²) in [7, 11) is 0. The molecule has 2 heterocycles. The molecular weight excluding hydrogens is 376 g/mol. The molecule has 0 aliphatic heterocycles. The molecule has 7 heteroatoms. The highest BCUT2D eigenvalue weighted by Gasteiger charge is 2.26. The summed E-state index contributed by atoms with van der Waals surface area (Å²) in [4.78, 5) is 26.5. The first-order chi connectivity index (χ1) is 13.3. The summed E-state index contributed by atoms with van der Waals surface area (Å²) in [5.74, 6) is -0.414. The van der Waals surface area contributed by atoms with Crippen molar-refractivity contribution >= 4 is 28.2 Å². The molecule has 1 aromatic carbocycles. The number of hydrogen-bond acceptors (Lipinski definition) is 6. The number of esters is 1. The van der Waals surface area contributed by atoms with E-state index in [9.17, 15) is 9.59 Å². The molecule has 3 aromatic rings. The van der Waals surface area contributed by atoms with Crippen LogP contribution in [0.1, 0.15) is 50.8 Å². The summed E-state index contributed by atoms with van der Waals surface area (Å²) in [5.41, 5.74) is 2.78. The normalized spacial score (nSPS) is 10.9. The van der Waals surface area contributed by atoms with Crippen LogP contribution < -0.4 is 5.32 Å². The molecule has 0 unspecified atom stereocenters. The van der Waals surface area contributed by atoms with Crippen LogP contribution in [0.4, 0.5) is 5.00 Å². The Morgan fingerprint density at radius 2 is 1.79 bits per heavy atom. The van der Waals surface area contributed by atoms with Crippen molar-refractivity contribution in [2.75, 3.05) is 5.32 Å². The summed E-state index contributed by atoms with van der Waals surface area (Å²) in [6, 6.07) is 9.35. The highest BCUT2D eigenvalue weighted by atomic mass is 32.1. The summed E-state index contributed by atoms with van der Waals surface area (Å²) >= 11 is 1.35. The van der Waals surface area contributed by atoms with Gasteiger partial charge in [0.1, 0.15) is 22.0 Å². The Balaban J connectivity index is 1.96. The number of benzene rings is 1. The number of ether oxygens (including phenoxy) is 1. The molecule has 2 aromatic heterocycles. The predicted molar refractivity (Wildman–Crippen MR) is 109 cm³/mol. The van der Waals surface area contributed by atoms with Crippen LogP contribution in [-0.4, -0.2) is 23.1 Å². The molecule has 0 fully saturated rings. The van der Waals surface area contributed by atoms with Crippen molar-refractivity contribution in [3.63, 3.8) is 0 Å². The molecule has 0 saturated carbocycles. The Hall–Kier alpha value is -2.93. The second kappa shape index (κ2) is 7.98. The van der Waals surface area contributed by atoms with Crippen molar-refractivity contribution in [1.29, 1.82) is 0 Å². The quantitative estimate of drug-likeness (QED) is 0.601. The van der Waals surface area contributed by atoms with E-state index >= 15 is 0 Å². The van der Waals surface area contributed by atoms with Crippen molar-refractivity contribution in [2.24, 2.45) is 0 Å². The molecule has 1 amide bonds. The van der Waals surface area contributed by atoms with Gasteiger partial charge in [0.05, 0.1) is 11.7 Å². The van der Waals surface area contributed by atoms with Gasteiger partial charge in [-0.05, 0) is 40.2 Å². The topological polar surface area (TPSA) is 81.4 Å². The Kier molecular flexibility index (Phi) is 5.65. The van der Waals surface area contributed by atoms with Gasteiger partial charge in [0.25, 0.3) is 5.91 Å². The number of nitrogens with one attached hydrogen (secondary N) is 1. The lowest BCUT2D eigenvalue weighted by atomic mass is 10.1. The molecule has 0 atom stereocenters. The smallest absolute Gasteiger partial charge is 0.341 e. The fraction of sp³-hybridized carbons (Fsp3) is 0.286. The zero-order valence-electron chi connectivity index (χ0n) is 16.5. The first-order valence-corrected chi connectivity index (χ1v) is 9.75. The van der Waals surface area contributed by atoms with Crippen molar-refractivity contribution < 1.29 is 18.8 Å². The maximum absolute atomic E-state index is 13.1. The van der Waals surface area contributed by atoms with Gasteiger partial charge in [0.15, 0.2) is 0 Å². The maximum Gasteiger partial charge on any atom is 0.341 e. The van der Waals surface area contributed by atoms with Crippen molar-refractivity contribution in [2.45, 2.75) is 40.7 Å². The fourth-order valence-electron chi connectivity index (χ4n) is 2.83. The van der Waals surface area contributed by atoms with Crippen LogP contribution in [0.5, 0.6) is 0 Å². The van der Waals surface area contributed by atoms with Crippen LogP contribution in [0.3, 0.4) is 0 Å². The summed E-state index contributed by atoms with van der Waals surface area (Å²) in [5, 5.41) is 7.37. The van der Waals surface area contributed by atoms with E-state index in [4.69, 9.17) is 9.26 Å². The molecule has 0 aliphatic carbocycles. The van der Waals surface area contributed by atoms with Gasteiger partial charge < -0.3 is 14.6 Å². The van der Waals surface area contributed by atoms with Crippen LogP contribution in [0.15, 0.2) is 34.9 Å². The Labute approximate surface area is 167 Å². The molecule has 0 saturated heterocycles. The molecule has 28 heavy (non-hydrogen) atoms. The van der Waals surface area contributed by atoms with E-state index in [1.54, 1.807) is 20.8 Å². The minimum Gasteiger partial charge on any atom is -0.459 e. The van der Waals surface area contributed by atoms with Crippen LogP contribution >= 0.6 is 11.3 Å². The first kappa shape index (κ1) is 19.8. The van der Waals surface area contributed by atoms with Gasteiger partial charge in [0, 0.05) is 10.4 Å². The van der Waals surface area contributed by atoms with Crippen LogP contribution in [0.25, 0.3) is 11.3 Å². The molecule has 0 bridgehead atoms. The number of thiophene rings is 1. The van der Waals surface area contributed by atoms with Crippen molar-refractivity contribution in [3.05, 3.63) is 57.7 Å². The molecule has 3 rings (SSSR count). The van der Waals surface area contributed by atoms with Gasteiger partial charge in [0.2, 0.25) is 0 Å². The predicted octanol–water partition coefficient (Wildman–Crippen LogP) is 5.15. The molecule has 0 radical (unpaired) electrons. The number of nitrogens with zero attached hydrogens (tertiary/aromatic N) is 1. The van der Waals surface area contributed by atoms with E-state index in [-0.39, 0.29) is 12.0 Å².